The van der Waals surface area contributed by atoms with Gasteiger partial charge in [-0.2, -0.15) is 0 Å². The standard InChI is InChI=1S/C21H24ClN5O2/c22-18-4-2-1-3-17(18)5-8-21(28)27-11-9-25(10-12-27)19-6-7-20(24-23-19)26-13-15-29-16-14-26/h1-8H,9-16H2/b8-5+. The van der Waals surface area contributed by atoms with Crippen LogP contribution in [0.15, 0.2) is 42.5 Å². The summed E-state index contributed by atoms with van der Waals surface area (Å²) in [5.41, 5.74) is 0.844. The summed E-state index contributed by atoms with van der Waals surface area (Å²) in [4.78, 5) is 18.7. The number of nitrogens with zero attached hydrogens (tertiary/aromatic N) is 5. The zero-order valence-corrected chi connectivity index (χ0v) is 17.0. The lowest BCUT2D eigenvalue weighted by molar-refractivity contribution is -0.126. The molecule has 1 aromatic heterocycles. The summed E-state index contributed by atoms with van der Waals surface area (Å²) in [6.07, 6.45) is 3.36. The van der Waals surface area contributed by atoms with Crippen molar-refractivity contribution in [1.82, 2.24) is 15.1 Å². The smallest absolute Gasteiger partial charge is 0.246 e. The largest absolute Gasteiger partial charge is 0.378 e. The molecule has 2 saturated heterocycles. The van der Waals surface area contributed by atoms with Gasteiger partial charge in [0.25, 0.3) is 0 Å². The number of hydrogen-bond donors (Lipinski definition) is 0. The van der Waals surface area contributed by atoms with Crippen molar-refractivity contribution >= 4 is 35.2 Å². The van der Waals surface area contributed by atoms with Crippen LogP contribution in [0.25, 0.3) is 6.08 Å². The molecule has 4 rings (SSSR count). The number of ether oxygens (including phenoxy) is 1. The fourth-order valence-corrected chi connectivity index (χ4v) is 3.68. The molecular formula is C21H24ClN5O2. The zero-order valence-electron chi connectivity index (χ0n) is 16.2. The van der Waals surface area contributed by atoms with Crippen LogP contribution in [0, 0.1) is 0 Å². The first-order valence-corrected chi connectivity index (χ1v) is 10.2. The molecule has 8 heteroatoms. The van der Waals surface area contributed by atoms with Gasteiger partial charge in [-0.05, 0) is 29.8 Å². The van der Waals surface area contributed by atoms with Gasteiger partial charge in [-0.3, -0.25) is 4.79 Å². The van der Waals surface area contributed by atoms with Crippen molar-refractivity contribution in [2.75, 3.05) is 62.3 Å². The van der Waals surface area contributed by atoms with E-state index < -0.39 is 0 Å². The summed E-state index contributed by atoms with van der Waals surface area (Å²) in [7, 11) is 0. The second-order valence-electron chi connectivity index (χ2n) is 7.02. The van der Waals surface area contributed by atoms with E-state index in [1.54, 1.807) is 12.2 Å². The van der Waals surface area contributed by atoms with Crippen LogP contribution in [0.5, 0.6) is 0 Å². The van der Waals surface area contributed by atoms with E-state index in [1.807, 2.05) is 41.3 Å². The van der Waals surface area contributed by atoms with Crippen molar-refractivity contribution in [1.29, 1.82) is 0 Å². The summed E-state index contributed by atoms with van der Waals surface area (Å²) >= 11 is 6.14. The number of halogens is 1. The number of carbonyl (C=O) groups excluding carboxylic acids is 1. The highest BCUT2D eigenvalue weighted by Crippen LogP contribution is 2.19. The molecule has 2 aliphatic heterocycles. The van der Waals surface area contributed by atoms with Crippen molar-refractivity contribution in [3.63, 3.8) is 0 Å². The second kappa shape index (κ2) is 9.24. The van der Waals surface area contributed by atoms with E-state index in [1.165, 1.54) is 0 Å². The highest BCUT2D eigenvalue weighted by molar-refractivity contribution is 6.32. The molecule has 29 heavy (non-hydrogen) atoms. The Labute approximate surface area is 175 Å². The third-order valence-corrected chi connectivity index (χ3v) is 5.54. The molecule has 0 radical (unpaired) electrons. The van der Waals surface area contributed by atoms with Gasteiger partial charge < -0.3 is 19.4 Å². The number of aromatic nitrogens is 2. The number of rotatable bonds is 4. The lowest BCUT2D eigenvalue weighted by Crippen LogP contribution is -2.48. The van der Waals surface area contributed by atoms with Crippen LogP contribution >= 0.6 is 11.6 Å². The third-order valence-electron chi connectivity index (χ3n) is 5.20. The Kier molecular flexibility index (Phi) is 6.27. The highest BCUT2D eigenvalue weighted by atomic mass is 35.5. The molecule has 0 spiro atoms. The van der Waals surface area contributed by atoms with E-state index in [9.17, 15) is 4.79 Å². The van der Waals surface area contributed by atoms with E-state index in [-0.39, 0.29) is 5.91 Å². The maximum atomic E-state index is 12.5. The van der Waals surface area contributed by atoms with Crippen LogP contribution in [0.3, 0.4) is 0 Å². The van der Waals surface area contributed by atoms with Gasteiger partial charge in [-0.15, -0.1) is 10.2 Å². The molecular weight excluding hydrogens is 390 g/mol. The molecule has 2 aromatic rings. The van der Waals surface area contributed by atoms with Gasteiger partial charge in [0, 0.05) is 50.4 Å². The first kappa shape index (κ1) is 19.7. The van der Waals surface area contributed by atoms with Gasteiger partial charge in [0.05, 0.1) is 13.2 Å². The van der Waals surface area contributed by atoms with Crippen molar-refractivity contribution in [2.24, 2.45) is 0 Å². The van der Waals surface area contributed by atoms with E-state index in [0.717, 1.165) is 56.6 Å². The average molecular weight is 414 g/mol. The van der Waals surface area contributed by atoms with Crippen LogP contribution < -0.4 is 9.80 Å². The molecule has 0 saturated carbocycles. The Morgan fingerprint density at radius 1 is 0.897 bits per heavy atom. The molecule has 3 heterocycles. The van der Waals surface area contributed by atoms with Crippen LogP contribution in [-0.2, 0) is 9.53 Å². The third kappa shape index (κ3) is 4.86. The van der Waals surface area contributed by atoms with Crippen LogP contribution in [0.2, 0.25) is 5.02 Å². The van der Waals surface area contributed by atoms with Gasteiger partial charge >= 0.3 is 0 Å². The second-order valence-corrected chi connectivity index (χ2v) is 7.42. The molecule has 1 amide bonds. The number of morpholine rings is 1. The average Bonchev–Trinajstić information content (AvgIpc) is 2.79. The van der Waals surface area contributed by atoms with Gasteiger partial charge in [-0.1, -0.05) is 29.8 Å². The first-order chi connectivity index (χ1) is 14.2. The summed E-state index contributed by atoms with van der Waals surface area (Å²) < 4.78 is 5.38. The van der Waals surface area contributed by atoms with Crippen LogP contribution in [0.4, 0.5) is 11.6 Å². The molecule has 1 aromatic carbocycles. The molecule has 0 unspecified atom stereocenters. The maximum absolute atomic E-state index is 12.5. The Hall–Kier alpha value is -2.64. The van der Waals surface area contributed by atoms with Crippen molar-refractivity contribution < 1.29 is 9.53 Å². The van der Waals surface area contributed by atoms with E-state index >= 15 is 0 Å². The van der Waals surface area contributed by atoms with Gasteiger partial charge in [-0.25, -0.2) is 0 Å². The van der Waals surface area contributed by atoms with Crippen molar-refractivity contribution in [2.45, 2.75) is 0 Å². The van der Waals surface area contributed by atoms with Crippen molar-refractivity contribution in [3.8, 4) is 0 Å². The predicted octanol–water partition coefficient (Wildman–Crippen LogP) is 2.33. The molecule has 0 bridgehead atoms. The number of hydrogen-bond acceptors (Lipinski definition) is 6. The minimum atomic E-state index is -0.00156. The minimum absolute atomic E-state index is 0.00156. The molecule has 2 aliphatic rings. The summed E-state index contributed by atoms with van der Waals surface area (Å²) in [6.45, 7) is 5.91. The van der Waals surface area contributed by atoms with Gasteiger partial charge in [0.2, 0.25) is 5.91 Å². The maximum Gasteiger partial charge on any atom is 0.246 e. The minimum Gasteiger partial charge on any atom is -0.378 e. The highest BCUT2D eigenvalue weighted by Gasteiger charge is 2.21. The monoisotopic (exact) mass is 413 g/mol. The van der Waals surface area contributed by atoms with E-state index in [2.05, 4.69) is 20.0 Å². The molecule has 0 atom stereocenters. The first-order valence-electron chi connectivity index (χ1n) is 9.83. The number of amides is 1. The SMILES string of the molecule is O=C(/C=C/c1ccccc1Cl)N1CCN(c2ccc(N3CCOCC3)nn2)CC1. The molecule has 2 fully saturated rings. The lowest BCUT2D eigenvalue weighted by atomic mass is 10.2. The van der Waals surface area contributed by atoms with Gasteiger partial charge in [0.15, 0.2) is 11.6 Å². The summed E-state index contributed by atoms with van der Waals surface area (Å²) in [6, 6.07) is 11.5. The molecule has 152 valence electrons. The summed E-state index contributed by atoms with van der Waals surface area (Å²) in [5, 5.41) is 9.41. The number of anilines is 2. The Morgan fingerprint density at radius 3 is 2.14 bits per heavy atom. The summed E-state index contributed by atoms with van der Waals surface area (Å²) in [5.74, 6) is 1.73. The number of carbonyl (C=O) groups is 1. The Balaban J connectivity index is 1.31. The van der Waals surface area contributed by atoms with Crippen molar-refractivity contribution in [3.05, 3.63) is 53.1 Å². The lowest BCUT2D eigenvalue weighted by Gasteiger charge is -2.35. The Morgan fingerprint density at radius 2 is 1.52 bits per heavy atom. The molecule has 7 nitrogen and oxygen atoms in total. The van der Waals surface area contributed by atoms with Crippen LogP contribution in [0.1, 0.15) is 5.56 Å². The zero-order chi connectivity index (χ0) is 20.1. The normalized spacial score (nSPS) is 17.8. The van der Waals surface area contributed by atoms with E-state index in [4.69, 9.17) is 16.3 Å². The number of benzene rings is 1. The quantitative estimate of drug-likeness (QED) is 0.717. The predicted molar refractivity (Wildman–Crippen MR) is 114 cm³/mol. The molecule has 0 N–H and O–H groups in total. The van der Waals surface area contributed by atoms with Crippen LogP contribution in [-0.4, -0.2) is 73.5 Å². The number of piperazine rings is 1. The fraction of sp³-hybridized carbons (Fsp3) is 0.381. The van der Waals surface area contributed by atoms with E-state index in [0.29, 0.717) is 18.1 Å². The Bertz CT molecular complexity index is 860. The molecule has 0 aliphatic carbocycles. The topological polar surface area (TPSA) is 61.8 Å². The van der Waals surface area contributed by atoms with Gasteiger partial charge in [0.1, 0.15) is 0 Å². The fourth-order valence-electron chi connectivity index (χ4n) is 3.48.